The van der Waals surface area contributed by atoms with Crippen molar-refractivity contribution >= 4 is 10.9 Å². The Kier molecular flexibility index (Phi) is 2.58. The van der Waals surface area contributed by atoms with Crippen molar-refractivity contribution in [2.24, 2.45) is 0 Å². The molecule has 2 aliphatic rings. The van der Waals surface area contributed by atoms with Gasteiger partial charge < -0.3 is 15.0 Å². The first-order chi connectivity index (χ1) is 10.9. The van der Waals surface area contributed by atoms with Gasteiger partial charge in [0.1, 0.15) is 5.75 Å². The Bertz CT molecular complexity index is 865. The van der Waals surface area contributed by atoms with E-state index in [1.54, 1.807) is 0 Å². The minimum absolute atomic E-state index is 0.377. The van der Waals surface area contributed by atoms with Crippen molar-refractivity contribution in [3.05, 3.63) is 64.8 Å². The van der Waals surface area contributed by atoms with Crippen LogP contribution in [0.4, 0.5) is 0 Å². The summed E-state index contributed by atoms with van der Waals surface area (Å²) in [6, 6.07) is 15.7. The predicted molar refractivity (Wildman–Crippen MR) is 86.3 cm³/mol. The molecule has 0 saturated heterocycles. The van der Waals surface area contributed by atoms with Gasteiger partial charge in [-0.1, -0.05) is 18.2 Å². The highest BCUT2D eigenvalue weighted by molar-refractivity contribution is 5.85. The maximum absolute atomic E-state index is 5.64. The van der Waals surface area contributed by atoms with Gasteiger partial charge in [0.15, 0.2) is 6.04 Å². The van der Waals surface area contributed by atoms with Crippen molar-refractivity contribution in [2.75, 3.05) is 13.2 Å². The first-order valence-electron chi connectivity index (χ1n) is 8.08. The van der Waals surface area contributed by atoms with E-state index in [4.69, 9.17) is 4.74 Å². The fourth-order valence-corrected chi connectivity index (χ4v) is 3.97. The smallest absolute Gasteiger partial charge is 0.153 e. The van der Waals surface area contributed by atoms with Gasteiger partial charge in [-0.05, 0) is 35.4 Å². The van der Waals surface area contributed by atoms with Crippen LogP contribution in [0.2, 0.25) is 0 Å². The second kappa shape index (κ2) is 4.62. The van der Waals surface area contributed by atoms with Gasteiger partial charge in [-0.15, -0.1) is 0 Å². The lowest BCUT2D eigenvalue weighted by atomic mass is 9.93. The number of hydrogen-bond donors (Lipinski definition) is 2. The van der Waals surface area contributed by atoms with Crippen LogP contribution in [0.15, 0.2) is 42.5 Å². The average Bonchev–Trinajstić information content (AvgIpc) is 3.18. The van der Waals surface area contributed by atoms with Crippen LogP contribution in [-0.2, 0) is 12.8 Å². The van der Waals surface area contributed by atoms with E-state index in [0.717, 1.165) is 31.7 Å². The summed E-state index contributed by atoms with van der Waals surface area (Å²) >= 11 is 0. The van der Waals surface area contributed by atoms with Crippen molar-refractivity contribution in [3.8, 4) is 5.75 Å². The van der Waals surface area contributed by atoms with Gasteiger partial charge in [0.05, 0.1) is 18.8 Å². The quantitative estimate of drug-likeness (QED) is 0.710. The third kappa shape index (κ3) is 1.72. The lowest BCUT2D eigenvalue weighted by molar-refractivity contribution is -0.690. The monoisotopic (exact) mass is 291 g/mol. The number of nitrogens with one attached hydrogen (secondary N) is 1. The Hall–Kier alpha value is -2.26. The molecule has 3 aromatic rings. The van der Waals surface area contributed by atoms with Crippen LogP contribution in [-0.4, -0.2) is 18.1 Å². The first-order valence-corrected chi connectivity index (χ1v) is 8.08. The Balaban J connectivity index is 1.65. The third-order valence-corrected chi connectivity index (χ3v) is 5.03. The van der Waals surface area contributed by atoms with E-state index < -0.39 is 0 Å². The molecule has 0 radical (unpaired) electrons. The number of aromatic amines is 1. The maximum Gasteiger partial charge on any atom is 0.153 e. The number of quaternary nitrogens is 1. The zero-order chi connectivity index (χ0) is 14.5. The van der Waals surface area contributed by atoms with Crippen LogP contribution < -0.4 is 10.1 Å². The SMILES string of the molecule is c1ccc2c3c([nH]c2c1)[C@H](c1ccc2c(c1)CCO2)[NH2+]CC3. The van der Waals surface area contributed by atoms with Gasteiger partial charge in [-0.2, -0.15) is 0 Å². The van der Waals surface area contributed by atoms with Crippen molar-refractivity contribution < 1.29 is 10.1 Å². The van der Waals surface area contributed by atoms with E-state index in [1.807, 2.05) is 0 Å². The molecule has 1 atom stereocenters. The average molecular weight is 291 g/mol. The van der Waals surface area contributed by atoms with Gasteiger partial charge in [0, 0.05) is 29.3 Å². The maximum atomic E-state index is 5.64. The topological polar surface area (TPSA) is 41.6 Å². The molecule has 5 rings (SSSR count). The molecule has 22 heavy (non-hydrogen) atoms. The molecular formula is C19H19N2O+. The zero-order valence-corrected chi connectivity index (χ0v) is 12.4. The van der Waals surface area contributed by atoms with Gasteiger partial charge in [0.2, 0.25) is 0 Å². The zero-order valence-electron chi connectivity index (χ0n) is 12.4. The van der Waals surface area contributed by atoms with E-state index >= 15 is 0 Å². The summed E-state index contributed by atoms with van der Waals surface area (Å²) in [4.78, 5) is 3.67. The van der Waals surface area contributed by atoms with Crippen LogP contribution >= 0.6 is 0 Å². The largest absolute Gasteiger partial charge is 0.493 e. The van der Waals surface area contributed by atoms with Crippen LogP contribution in [0.25, 0.3) is 10.9 Å². The lowest BCUT2D eigenvalue weighted by Crippen LogP contribution is -2.87. The number of hydrogen-bond acceptors (Lipinski definition) is 1. The minimum atomic E-state index is 0.377. The molecule has 0 saturated carbocycles. The fraction of sp³-hybridized carbons (Fsp3) is 0.263. The van der Waals surface area contributed by atoms with Gasteiger partial charge in [-0.3, -0.25) is 0 Å². The summed E-state index contributed by atoms with van der Waals surface area (Å²) in [6.45, 7) is 1.97. The van der Waals surface area contributed by atoms with E-state index in [0.29, 0.717) is 6.04 Å². The predicted octanol–water partition coefficient (Wildman–Crippen LogP) is 2.31. The minimum Gasteiger partial charge on any atom is -0.493 e. The van der Waals surface area contributed by atoms with Crippen LogP contribution in [0.3, 0.4) is 0 Å². The van der Waals surface area contributed by atoms with Crippen molar-refractivity contribution in [2.45, 2.75) is 18.9 Å². The van der Waals surface area contributed by atoms with Crippen molar-refractivity contribution in [1.29, 1.82) is 0 Å². The molecule has 3 heterocycles. The standard InChI is InChI=1S/C19H18N2O/c1-2-4-16-14(3-1)15-7-9-20-18(19(15)21-16)13-5-6-17-12(11-13)8-10-22-17/h1-6,11,18,20-21H,7-10H2/p+1/t18-/m0/s1. The van der Waals surface area contributed by atoms with Crippen LogP contribution in [0, 0.1) is 0 Å². The second-order valence-corrected chi connectivity index (χ2v) is 6.28. The van der Waals surface area contributed by atoms with Crippen LogP contribution in [0.1, 0.15) is 28.4 Å². The first kappa shape index (κ1) is 12.3. The van der Waals surface area contributed by atoms with E-state index in [-0.39, 0.29) is 0 Å². The summed E-state index contributed by atoms with van der Waals surface area (Å²) in [7, 11) is 0. The second-order valence-electron chi connectivity index (χ2n) is 6.28. The number of rotatable bonds is 1. The molecule has 3 heteroatoms. The van der Waals surface area contributed by atoms with E-state index in [9.17, 15) is 0 Å². The molecule has 1 aromatic heterocycles. The molecule has 2 aromatic carbocycles. The van der Waals surface area contributed by atoms with Gasteiger partial charge >= 0.3 is 0 Å². The van der Waals surface area contributed by atoms with Gasteiger partial charge in [-0.25, -0.2) is 0 Å². The molecular weight excluding hydrogens is 272 g/mol. The molecule has 0 spiro atoms. The van der Waals surface area contributed by atoms with Crippen molar-refractivity contribution in [3.63, 3.8) is 0 Å². The summed E-state index contributed by atoms with van der Waals surface area (Å²) < 4.78 is 5.64. The molecule has 0 bridgehead atoms. The molecule has 0 unspecified atom stereocenters. The molecule has 3 N–H and O–H groups in total. The lowest BCUT2D eigenvalue weighted by Gasteiger charge is -2.22. The highest BCUT2D eigenvalue weighted by atomic mass is 16.5. The summed E-state index contributed by atoms with van der Waals surface area (Å²) in [5.74, 6) is 1.07. The Morgan fingerprint density at radius 3 is 3.05 bits per heavy atom. The Morgan fingerprint density at radius 2 is 2.05 bits per heavy atom. The van der Waals surface area contributed by atoms with Crippen LogP contribution in [0.5, 0.6) is 5.75 Å². The number of fused-ring (bicyclic) bond motifs is 4. The number of aromatic nitrogens is 1. The molecule has 110 valence electrons. The Morgan fingerprint density at radius 1 is 1.09 bits per heavy atom. The summed E-state index contributed by atoms with van der Waals surface area (Å²) in [5.41, 5.74) is 6.88. The number of ether oxygens (including phenoxy) is 1. The number of para-hydroxylation sites is 1. The molecule has 2 aliphatic heterocycles. The number of nitrogens with two attached hydrogens (primary N) is 1. The normalized spacial score (nSPS) is 19.7. The highest BCUT2D eigenvalue weighted by Crippen LogP contribution is 2.33. The summed E-state index contributed by atoms with van der Waals surface area (Å²) in [6.07, 6.45) is 2.18. The highest BCUT2D eigenvalue weighted by Gasteiger charge is 2.29. The Labute approximate surface area is 129 Å². The fourth-order valence-electron chi connectivity index (χ4n) is 3.97. The third-order valence-electron chi connectivity index (χ3n) is 5.03. The molecule has 0 fully saturated rings. The molecule has 0 aliphatic carbocycles. The van der Waals surface area contributed by atoms with Gasteiger partial charge in [0.25, 0.3) is 0 Å². The molecule has 0 amide bonds. The molecule has 3 nitrogen and oxygen atoms in total. The summed E-state index contributed by atoms with van der Waals surface area (Å²) in [5, 5.41) is 3.84. The number of H-pyrrole nitrogens is 1. The van der Waals surface area contributed by atoms with Crippen molar-refractivity contribution in [1.82, 2.24) is 4.98 Å². The number of benzene rings is 2. The van der Waals surface area contributed by atoms with E-state index in [2.05, 4.69) is 52.8 Å². The van der Waals surface area contributed by atoms with E-state index in [1.165, 1.54) is 33.3 Å².